The van der Waals surface area contributed by atoms with E-state index in [1.54, 1.807) is 4.31 Å². The Morgan fingerprint density at radius 1 is 1.31 bits per heavy atom. The highest BCUT2D eigenvalue weighted by Crippen LogP contribution is 2.19. The molecule has 0 radical (unpaired) electrons. The molecule has 6 heteroatoms. The number of nitrogens with zero attached hydrogens (tertiary/aromatic N) is 1. The summed E-state index contributed by atoms with van der Waals surface area (Å²) >= 11 is 0. The first kappa shape index (κ1) is 9.39. The molecule has 2 bridgehead atoms. The summed E-state index contributed by atoms with van der Waals surface area (Å²) in [4.78, 5) is 0. The summed E-state index contributed by atoms with van der Waals surface area (Å²) in [5, 5.41) is 3.20. The molecule has 0 aromatic heterocycles. The number of rotatable bonds is 1. The van der Waals surface area contributed by atoms with Crippen LogP contribution in [0.2, 0.25) is 0 Å². The number of morpholine rings is 1. The van der Waals surface area contributed by atoms with Crippen LogP contribution in [0, 0.1) is 0 Å². The van der Waals surface area contributed by atoms with E-state index < -0.39 is 10.0 Å². The van der Waals surface area contributed by atoms with Gasteiger partial charge in [0.05, 0.1) is 31.6 Å². The Kier molecular flexibility index (Phi) is 2.31. The van der Waals surface area contributed by atoms with Gasteiger partial charge < -0.3 is 10.1 Å². The van der Waals surface area contributed by atoms with Crippen LogP contribution in [0.25, 0.3) is 0 Å². The Morgan fingerprint density at radius 2 is 1.85 bits per heavy atom. The van der Waals surface area contributed by atoms with Crippen LogP contribution in [-0.4, -0.2) is 57.4 Å². The maximum absolute atomic E-state index is 11.4. The molecule has 13 heavy (non-hydrogen) atoms. The van der Waals surface area contributed by atoms with Gasteiger partial charge in [-0.25, -0.2) is 8.42 Å². The van der Waals surface area contributed by atoms with Gasteiger partial charge in [-0.15, -0.1) is 0 Å². The van der Waals surface area contributed by atoms with Crippen LogP contribution in [0.4, 0.5) is 0 Å². The Labute approximate surface area is 78.1 Å². The van der Waals surface area contributed by atoms with E-state index in [4.69, 9.17) is 4.74 Å². The van der Waals surface area contributed by atoms with Gasteiger partial charge in [-0.2, -0.15) is 4.31 Å². The molecular formula is C7H14N2O3S. The highest BCUT2D eigenvalue weighted by atomic mass is 32.2. The predicted octanol–water partition coefficient (Wildman–Crippen LogP) is -1.38. The zero-order chi connectivity index (χ0) is 9.47. The summed E-state index contributed by atoms with van der Waals surface area (Å²) in [5.74, 6) is 0. The maximum atomic E-state index is 11.4. The average molecular weight is 206 g/mol. The zero-order valence-corrected chi connectivity index (χ0v) is 8.38. The summed E-state index contributed by atoms with van der Waals surface area (Å²) in [5.41, 5.74) is 0. The second-order valence-electron chi connectivity index (χ2n) is 3.60. The van der Waals surface area contributed by atoms with Crippen LogP contribution in [0.15, 0.2) is 0 Å². The van der Waals surface area contributed by atoms with Gasteiger partial charge in [-0.1, -0.05) is 0 Å². The number of sulfonamides is 1. The molecule has 2 aliphatic heterocycles. The van der Waals surface area contributed by atoms with Gasteiger partial charge in [0.2, 0.25) is 10.0 Å². The molecule has 2 heterocycles. The van der Waals surface area contributed by atoms with Crippen LogP contribution in [0.3, 0.4) is 0 Å². The molecule has 1 N–H and O–H groups in total. The van der Waals surface area contributed by atoms with Crippen molar-refractivity contribution in [2.45, 2.75) is 12.1 Å². The van der Waals surface area contributed by atoms with Crippen molar-refractivity contribution in [3.05, 3.63) is 0 Å². The van der Waals surface area contributed by atoms with Crippen molar-refractivity contribution in [1.29, 1.82) is 0 Å². The van der Waals surface area contributed by atoms with E-state index in [-0.39, 0.29) is 12.1 Å². The molecule has 0 amide bonds. The van der Waals surface area contributed by atoms with Crippen molar-refractivity contribution >= 4 is 10.0 Å². The average Bonchev–Trinajstić information content (AvgIpc) is 2.01. The molecule has 2 atom stereocenters. The van der Waals surface area contributed by atoms with Crippen molar-refractivity contribution in [2.75, 3.05) is 32.6 Å². The highest BCUT2D eigenvalue weighted by Gasteiger charge is 2.39. The van der Waals surface area contributed by atoms with Gasteiger partial charge >= 0.3 is 0 Å². The number of nitrogens with one attached hydrogen (secondary N) is 1. The van der Waals surface area contributed by atoms with Gasteiger partial charge in [0, 0.05) is 13.1 Å². The van der Waals surface area contributed by atoms with E-state index in [1.807, 2.05) is 0 Å². The monoisotopic (exact) mass is 206 g/mol. The van der Waals surface area contributed by atoms with Crippen molar-refractivity contribution in [3.8, 4) is 0 Å². The fourth-order valence-corrected chi connectivity index (χ4v) is 3.40. The van der Waals surface area contributed by atoms with E-state index in [2.05, 4.69) is 5.32 Å². The molecule has 0 unspecified atom stereocenters. The van der Waals surface area contributed by atoms with Crippen LogP contribution >= 0.6 is 0 Å². The number of fused-ring (bicyclic) bond motifs is 2. The van der Waals surface area contributed by atoms with Crippen LogP contribution in [-0.2, 0) is 14.8 Å². The van der Waals surface area contributed by atoms with Crippen molar-refractivity contribution in [2.24, 2.45) is 0 Å². The Bertz CT molecular complexity index is 268. The van der Waals surface area contributed by atoms with Gasteiger partial charge in [-0.3, -0.25) is 0 Å². The number of hydrogen-bond acceptors (Lipinski definition) is 4. The minimum absolute atomic E-state index is 0.0116. The Balaban J connectivity index is 2.25. The van der Waals surface area contributed by atoms with Crippen molar-refractivity contribution < 1.29 is 13.2 Å². The normalized spacial score (nSPS) is 36.1. The van der Waals surface area contributed by atoms with Crippen LogP contribution in [0.1, 0.15) is 0 Å². The van der Waals surface area contributed by atoms with Crippen LogP contribution in [0.5, 0.6) is 0 Å². The zero-order valence-electron chi connectivity index (χ0n) is 7.56. The van der Waals surface area contributed by atoms with Crippen molar-refractivity contribution in [3.63, 3.8) is 0 Å². The smallest absolute Gasteiger partial charge is 0.211 e. The van der Waals surface area contributed by atoms with Crippen LogP contribution < -0.4 is 5.32 Å². The lowest BCUT2D eigenvalue weighted by Crippen LogP contribution is -2.64. The summed E-state index contributed by atoms with van der Waals surface area (Å²) in [6.07, 6.45) is 1.27. The first-order valence-corrected chi connectivity index (χ1v) is 6.21. The lowest BCUT2D eigenvalue weighted by Gasteiger charge is -2.44. The quantitative estimate of drug-likeness (QED) is 0.574. The van der Waals surface area contributed by atoms with Gasteiger partial charge in [-0.05, 0) is 0 Å². The lowest BCUT2D eigenvalue weighted by molar-refractivity contribution is -0.0212. The first-order chi connectivity index (χ1) is 6.09. The molecule has 0 aromatic carbocycles. The minimum Gasteiger partial charge on any atom is -0.378 e. The molecule has 2 aliphatic rings. The van der Waals surface area contributed by atoms with E-state index in [1.165, 1.54) is 6.26 Å². The molecule has 2 saturated heterocycles. The largest absolute Gasteiger partial charge is 0.378 e. The fourth-order valence-electron chi connectivity index (χ4n) is 2.04. The molecule has 0 spiro atoms. The first-order valence-electron chi connectivity index (χ1n) is 4.36. The summed E-state index contributed by atoms with van der Waals surface area (Å²) in [6, 6.07) is -0.0231. The topological polar surface area (TPSA) is 58.6 Å². The third kappa shape index (κ3) is 1.71. The highest BCUT2D eigenvalue weighted by molar-refractivity contribution is 7.88. The van der Waals surface area contributed by atoms with E-state index in [0.29, 0.717) is 26.3 Å². The summed E-state index contributed by atoms with van der Waals surface area (Å²) < 4.78 is 29.8. The van der Waals surface area contributed by atoms with Gasteiger partial charge in [0.15, 0.2) is 0 Å². The number of piperazine rings is 1. The summed E-state index contributed by atoms with van der Waals surface area (Å²) in [6.45, 7) is 2.42. The summed E-state index contributed by atoms with van der Waals surface area (Å²) in [7, 11) is -3.07. The predicted molar refractivity (Wildman–Crippen MR) is 47.9 cm³/mol. The van der Waals surface area contributed by atoms with Gasteiger partial charge in [0.1, 0.15) is 0 Å². The third-order valence-electron chi connectivity index (χ3n) is 2.48. The SMILES string of the molecule is CS(=O)(=O)N1[C@@H]2CNC[C@H]1COC2. The van der Waals surface area contributed by atoms with E-state index in [0.717, 1.165) is 0 Å². The van der Waals surface area contributed by atoms with E-state index >= 15 is 0 Å². The molecule has 0 aromatic rings. The number of hydrogen-bond donors (Lipinski definition) is 1. The fraction of sp³-hybridized carbons (Fsp3) is 1.00. The second-order valence-corrected chi connectivity index (χ2v) is 5.48. The molecule has 5 nitrogen and oxygen atoms in total. The standard InChI is InChI=1S/C7H14N2O3S/c1-13(10,11)9-6-2-8-3-7(9)5-12-4-6/h6-8H,2-5H2,1H3/t6-,7+. The molecule has 0 saturated carbocycles. The van der Waals surface area contributed by atoms with Gasteiger partial charge in [0.25, 0.3) is 0 Å². The second kappa shape index (κ2) is 3.20. The molecule has 2 fully saturated rings. The lowest BCUT2D eigenvalue weighted by atomic mass is 10.1. The minimum atomic E-state index is -3.07. The van der Waals surface area contributed by atoms with Crippen molar-refractivity contribution in [1.82, 2.24) is 9.62 Å². The third-order valence-corrected chi connectivity index (χ3v) is 3.85. The Morgan fingerprint density at radius 3 is 2.23 bits per heavy atom. The molecule has 0 aliphatic carbocycles. The maximum Gasteiger partial charge on any atom is 0.211 e. The molecular weight excluding hydrogens is 192 g/mol. The van der Waals surface area contributed by atoms with E-state index in [9.17, 15) is 8.42 Å². The molecule has 76 valence electrons. The number of ether oxygens (including phenoxy) is 1. The Hall–Kier alpha value is -0.170. The molecule has 2 rings (SSSR count).